The molecule has 0 spiro atoms. The van der Waals surface area contributed by atoms with E-state index in [2.05, 4.69) is 10.3 Å². The van der Waals surface area contributed by atoms with Crippen LogP contribution in [0.2, 0.25) is 0 Å². The first-order chi connectivity index (χ1) is 13.0. The van der Waals surface area contributed by atoms with Crippen LogP contribution in [-0.4, -0.2) is 47.3 Å². The highest BCUT2D eigenvalue weighted by molar-refractivity contribution is 6.39. The van der Waals surface area contributed by atoms with Crippen LogP contribution >= 0.6 is 0 Å². The van der Waals surface area contributed by atoms with Gasteiger partial charge in [-0.25, -0.2) is 4.98 Å². The van der Waals surface area contributed by atoms with E-state index in [0.29, 0.717) is 12.5 Å². The maximum atomic E-state index is 12.8. The van der Waals surface area contributed by atoms with Crippen molar-refractivity contribution in [3.63, 3.8) is 0 Å². The molecule has 8 heteroatoms. The van der Waals surface area contributed by atoms with Crippen LogP contribution in [0.1, 0.15) is 55.3 Å². The molecule has 1 aromatic heterocycles. The second-order valence-electron chi connectivity index (χ2n) is 7.21. The molecule has 0 bridgehead atoms. The summed E-state index contributed by atoms with van der Waals surface area (Å²) in [7, 11) is 1.37. The van der Waals surface area contributed by atoms with E-state index in [1.54, 1.807) is 4.90 Å². The van der Waals surface area contributed by atoms with Gasteiger partial charge in [-0.05, 0) is 44.1 Å². The molecule has 27 heavy (non-hydrogen) atoms. The van der Waals surface area contributed by atoms with E-state index in [-0.39, 0.29) is 23.2 Å². The van der Waals surface area contributed by atoms with Gasteiger partial charge in [0, 0.05) is 12.6 Å². The Labute approximate surface area is 158 Å². The Morgan fingerprint density at radius 3 is 2.56 bits per heavy atom. The molecule has 1 aromatic rings. The first kappa shape index (κ1) is 19.1. The third-order valence-corrected chi connectivity index (χ3v) is 5.52. The molecule has 0 aromatic carbocycles. The minimum absolute atomic E-state index is 0.0459. The van der Waals surface area contributed by atoms with Crippen LogP contribution in [0, 0.1) is 5.92 Å². The van der Waals surface area contributed by atoms with E-state index in [4.69, 9.17) is 10.5 Å². The molecule has 2 fully saturated rings. The van der Waals surface area contributed by atoms with Crippen LogP contribution < -0.4 is 15.8 Å². The smallest absolute Gasteiger partial charge is 0.313 e. The minimum Gasteiger partial charge on any atom is -0.480 e. The van der Waals surface area contributed by atoms with Crippen molar-refractivity contribution in [3.05, 3.63) is 17.8 Å². The number of carbonyl (C=O) groups is 3. The second-order valence-corrected chi connectivity index (χ2v) is 7.21. The Morgan fingerprint density at radius 1 is 1.19 bits per heavy atom. The lowest BCUT2D eigenvalue weighted by atomic mass is 9.89. The molecular weight excluding hydrogens is 348 g/mol. The average molecular weight is 374 g/mol. The summed E-state index contributed by atoms with van der Waals surface area (Å²) in [5.74, 6) is -1.40. The molecule has 2 aliphatic rings. The normalized spacial score (nSPS) is 20.3. The van der Waals surface area contributed by atoms with Gasteiger partial charge < -0.3 is 20.7 Å². The van der Waals surface area contributed by atoms with Crippen molar-refractivity contribution >= 4 is 23.4 Å². The zero-order valence-corrected chi connectivity index (χ0v) is 15.6. The van der Waals surface area contributed by atoms with Gasteiger partial charge in [-0.3, -0.25) is 14.4 Å². The molecule has 1 aliphatic carbocycles. The van der Waals surface area contributed by atoms with E-state index in [0.717, 1.165) is 32.1 Å². The number of nitrogens with two attached hydrogens (primary N) is 1. The Hall–Kier alpha value is -2.64. The van der Waals surface area contributed by atoms with Crippen LogP contribution in [0.15, 0.2) is 12.3 Å². The first-order valence-corrected chi connectivity index (χ1v) is 9.47. The highest BCUT2D eigenvalue weighted by Gasteiger charge is 2.36. The fraction of sp³-hybridized carbons (Fsp3) is 0.579. The van der Waals surface area contributed by atoms with Gasteiger partial charge in [-0.2, -0.15) is 0 Å². The predicted octanol–water partition coefficient (Wildman–Crippen LogP) is 1.70. The largest absolute Gasteiger partial charge is 0.480 e. The van der Waals surface area contributed by atoms with Crippen molar-refractivity contribution in [2.75, 3.05) is 19.0 Å². The number of hydrogen-bond acceptors (Lipinski definition) is 5. The number of piperidine rings is 1. The van der Waals surface area contributed by atoms with Crippen LogP contribution in [0.5, 0.6) is 5.88 Å². The number of nitrogens with zero attached hydrogens (tertiary/aromatic N) is 2. The summed E-state index contributed by atoms with van der Waals surface area (Å²) in [5, 5.41) is 2.54. The third kappa shape index (κ3) is 4.20. The lowest BCUT2D eigenvalue weighted by Crippen LogP contribution is -2.50. The van der Waals surface area contributed by atoms with E-state index in [9.17, 15) is 14.4 Å². The number of primary amides is 1. The van der Waals surface area contributed by atoms with Crippen LogP contribution in [0.25, 0.3) is 0 Å². The number of likely N-dealkylation sites (tertiary alicyclic amines) is 1. The number of ether oxygens (including phenoxy) is 1. The van der Waals surface area contributed by atoms with Crippen LogP contribution in [0.3, 0.4) is 0 Å². The van der Waals surface area contributed by atoms with E-state index < -0.39 is 17.7 Å². The second kappa shape index (κ2) is 8.37. The zero-order valence-electron chi connectivity index (χ0n) is 15.6. The number of methoxy groups -OCH3 is 1. The Kier molecular flexibility index (Phi) is 5.93. The van der Waals surface area contributed by atoms with Crippen molar-refractivity contribution in [1.29, 1.82) is 0 Å². The van der Waals surface area contributed by atoms with Crippen molar-refractivity contribution in [1.82, 2.24) is 9.88 Å². The molecule has 0 radical (unpaired) electrons. The topological polar surface area (TPSA) is 115 Å². The lowest BCUT2D eigenvalue weighted by molar-refractivity contribution is -0.146. The number of amides is 3. The molecule has 146 valence electrons. The molecule has 2 heterocycles. The number of pyridine rings is 1. The quantitative estimate of drug-likeness (QED) is 0.779. The van der Waals surface area contributed by atoms with Crippen molar-refractivity contribution < 1.29 is 19.1 Å². The van der Waals surface area contributed by atoms with Gasteiger partial charge in [0.2, 0.25) is 5.88 Å². The van der Waals surface area contributed by atoms with Crippen molar-refractivity contribution in [2.24, 2.45) is 11.7 Å². The molecule has 1 atom stereocenters. The summed E-state index contributed by atoms with van der Waals surface area (Å²) >= 11 is 0. The lowest BCUT2D eigenvalue weighted by Gasteiger charge is -2.38. The summed E-state index contributed by atoms with van der Waals surface area (Å²) in [5.41, 5.74) is 5.59. The SMILES string of the molecule is COc1ncc(NC(=O)C(=O)N2CCCC[C@H]2C2CCCC2)cc1C(N)=O. The van der Waals surface area contributed by atoms with Gasteiger partial charge in [0.1, 0.15) is 5.56 Å². The van der Waals surface area contributed by atoms with E-state index in [1.807, 2.05) is 0 Å². The van der Waals surface area contributed by atoms with Gasteiger partial charge in [-0.1, -0.05) is 12.8 Å². The van der Waals surface area contributed by atoms with Crippen LogP contribution in [0.4, 0.5) is 5.69 Å². The van der Waals surface area contributed by atoms with Gasteiger partial charge in [0.15, 0.2) is 0 Å². The average Bonchev–Trinajstić information content (AvgIpc) is 3.22. The highest BCUT2D eigenvalue weighted by atomic mass is 16.5. The first-order valence-electron chi connectivity index (χ1n) is 9.47. The number of anilines is 1. The molecule has 1 saturated heterocycles. The fourth-order valence-electron chi connectivity index (χ4n) is 4.22. The molecule has 8 nitrogen and oxygen atoms in total. The Morgan fingerprint density at radius 2 is 1.89 bits per heavy atom. The van der Waals surface area contributed by atoms with Gasteiger partial charge in [0.05, 0.1) is 19.0 Å². The number of nitrogens with one attached hydrogen (secondary N) is 1. The summed E-state index contributed by atoms with van der Waals surface area (Å²) in [6.45, 7) is 0.612. The molecule has 1 aliphatic heterocycles. The number of carbonyl (C=O) groups excluding carboxylic acids is 3. The third-order valence-electron chi connectivity index (χ3n) is 5.52. The van der Waals surface area contributed by atoms with Gasteiger partial charge >= 0.3 is 11.8 Å². The van der Waals surface area contributed by atoms with E-state index in [1.165, 1.54) is 32.2 Å². The number of hydrogen-bond donors (Lipinski definition) is 2. The maximum absolute atomic E-state index is 12.8. The zero-order chi connectivity index (χ0) is 19.4. The van der Waals surface area contributed by atoms with Gasteiger partial charge in [-0.15, -0.1) is 0 Å². The Balaban J connectivity index is 1.72. The van der Waals surface area contributed by atoms with Gasteiger partial charge in [0.25, 0.3) is 5.91 Å². The Bertz CT molecular complexity index is 730. The molecule has 3 rings (SSSR count). The maximum Gasteiger partial charge on any atom is 0.313 e. The molecule has 3 amide bonds. The standard InChI is InChI=1S/C19H26N4O4/c1-27-18-14(16(20)24)10-13(11-21-18)22-17(25)19(26)23-9-5-4-8-15(23)12-6-2-3-7-12/h10-12,15H,2-9H2,1H3,(H2,20,24)(H,22,25)/t15-/m0/s1. The van der Waals surface area contributed by atoms with Crippen molar-refractivity contribution in [2.45, 2.75) is 51.0 Å². The van der Waals surface area contributed by atoms with Crippen molar-refractivity contribution in [3.8, 4) is 5.88 Å². The molecular formula is C19H26N4O4. The van der Waals surface area contributed by atoms with Crippen LogP contribution in [-0.2, 0) is 9.59 Å². The molecule has 0 unspecified atom stereocenters. The number of aromatic nitrogens is 1. The highest BCUT2D eigenvalue weighted by Crippen LogP contribution is 2.35. The molecule has 1 saturated carbocycles. The molecule has 3 N–H and O–H groups in total. The summed E-state index contributed by atoms with van der Waals surface area (Å²) in [4.78, 5) is 42.5. The summed E-state index contributed by atoms with van der Waals surface area (Å²) in [6, 6.07) is 1.51. The number of rotatable bonds is 4. The fourth-order valence-corrected chi connectivity index (χ4v) is 4.22. The van der Waals surface area contributed by atoms with E-state index >= 15 is 0 Å². The minimum atomic E-state index is -0.723. The predicted molar refractivity (Wildman–Crippen MR) is 99.2 cm³/mol. The monoisotopic (exact) mass is 374 g/mol. The summed E-state index contributed by atoms with van der Waals surface area (Å²) < 4.78 is 4.98. The summed E-state index contributed by atoms with van der Waals surface area (Å²) in [6.07, 6.45) is 8.95.